The number of carbonyl (C=O) groups is 3. The zero-order chi connectivity index (χ0) is 20.5. The van der Waals surface area contributed by atoms with Crippen LogP contribution >= 0.6 is 11.6 Å². The van der Waals surface area contributed by atoms with E-state index in [0.29, 0.717) is 10.6 Å². The van der Waals surface area contributed by atoms with Crippen molar-refractivity contribution < 1.29 is 23.6 Å². The van der Waals surface area contributed by atoms with Crippen LogP contribution in [-0.2, 0) is 16.1 Å². The van der Waals surface area contributed by atoms with Crippen molar-refractivity contribution in [3.63, 3.8) is 0 Å². The summed E-state index contributed by atoms with van der Waals surface area (Å²) in [5.41, 5.74) is 1.10. The molecule has 0 saturated carbocycles. The van der Waals surface area contributed by atoms with E-state index in [0.717, 1.165) is 4.90 Å². The van der Waals surface area contributed by atoms with Gasteiger partial charge in [-0.2, -0.15) is 4.98 Å². The standard InChI is InChI=1S/C20H14ClN3O5/c1-11(24-18(25)12-6-2-3-7-13(12)19(24)26)20(27)28-10-16-22-17(23-29-16)14-8-4-5-9-15(14)21/h2-9,11H,10H2,1H3/t11-/m1/s1. The second kappa shape index (κ2) is 7.48. The van der Waals surface area contributed by atoms with E-state index < -0.39 is 23.8 Å². The summed E-state index contributed by atoms with van der Waals surface area (Å²) in [6.45, 7) is 1.12. The molecule has 8 nitrogen and oxygen atoms in total. The topological polar surface area (TPSA) is 103 Å². The number of benzene rings is 2. The first-order valence-corrected chi connectivity index (χ1v) is 9.06. The van der Waals surface area contributed by atoms with Crippen molar-refractivity contribution in [1.29, 1.82) is 0 Å². The van der Waals surface area contributed by atoms with E-state index >= 15 is 0 Å². The zero-order valence-electron chi connectivity index (χ0n) is 15.2. The molecule has 1 aliphatic rings. The first kappa shape index (κ1) is 18.8. The lowest BCUT2D eigenvalue weighted by Crippen LogP contribution is -2.43. The summed E-state index contributed by atoms with van der Waals surface area (Å²) in [6, 6.07) is 12.3. The number of imide groups is 1. The molecular weight excluding hydrogens is 398 g/mol. The summed E-state index contributed by atoms with van der Waals surface area (Å²) >= 11 is 6.10. The summed E-state index contributed by atoms with van der Waals surface area (Å²) in [6.07, 6.45) is 0. The van der Waals surface area contributed by atoms with Gasteiger partial charge in [-0.3, -0.25) is 14.5 Å². The van der Waals surface area contributed by atoms with Gasteiger partial charge >= 0.3 is 5.97 Å². The maximum atomic E-state index is 12.5. The third-order valence-corrected chi connectivity index (χ3v) is 4.80. The lowest BCUT2D eigenvalue weighted by Gasteiger charge is -2.20. The van der Waals surface area contributed by atoms with E-state index in [-0.39, 0.29) is 29.4 Å². The van der Waals surface area contributed by atoms with E-state index in [9.17, 15) is 14.4 Å². The van der Waals surface area contributed by atoms with E-state index in [1.807, 2.05) is 0 Å². The van der Waals surface area contributed by atoms with Crippen LogP contribution in [-0.4, -0.2) is 38.9 Å². The van der Waals surface area contributed by atoms with Crippen LogP contribution in [0.5, 0.6) is 0 Å². The van der Waals surface area contributed by atoms with Crippen molar-refractivity contribution in [1.82, 2.24) is 15.0 Å². The number of esters is 1. The maximum absolute atomic E-state index is 12.5. The van der Waals surface area contributed by atoms with Crippen LogP contribution in [0.15, 0.2) is 53.1 Å². The van der Waals surface area contributed by atoms with Gasteiger partial charge in [0.15, 0.2) is 6.61 Å². The largest absolute Gasteiger partial charge is 0.454 e. The van der Waals surface area contributed by atoms with Gasteiger partial charge in [-0.05, 0) is 31.2 Å². The summed E-state index contributed by atoms with van der Waals surface area (Å²) in [5.74, 6) is -1.52. The lowest BCUT2D eigenvalue weighted by molar-refractivity contribution is -0.149. The Morgan fingerprint density at radius 2 is 1.66 bits per heavy atom. The maximum Gasteiger partial charge on any atom is 0.329 e. The van der Waals surface area contributed by atoms with Crippen LogP contribution < -0.4 is 0 Å². The van der Waals surface area contributed by atoms with E-state index in [1.165, 1.54) is 6.92 Å². The zero-order valence-corrected chi connectivity index (χ0v) is 15.9. The van der Waals surface area contributed by atoms with Gasteiger partial charge in [-0.1, -0.05) is 41.0 Å². The highest BCUT2D eigenvalue weighted by Crippen LogP contribution is 2.26. The van der Waals surface area contributed by atoms with Gasteiger partial charge in [-0.25, -0.2) is 4.79 Å². The molecule has 0 bridgehead atoms. The van der Waals surface area contributed by atoms with Gasteiger partial charge in [0.05, 0.1) is 16.1 Å². The monoisotopic (exact) mass is 411 g/mol. The van der Waals surface area contributed by atoms with Crippen molar-refractivity contribution >= 4 is 29.4 Å². The Kier molecular flexibility index (Phi) is 4.85. The fraction of sp³-hybridized carbons (Fsp3) is 0.150. The van der Waals surface area contributed by atoms with E-state index in [4.69, 9.17) is 20.9 Å². The Balaban J connectivity index is 1.43. The fourth-order valence-corrected chi connectivity index (χ4v) is 3.20. The van der Waals surface area contributed by atoms with Crippen LogP contribution in [0.1, 0.15) is 33.5 Å². The molecule has 1 atom stereocenters. The van der Waals surface area contributed by atoms with Crippen LogP contribution in [0.25, 0.3) is 11.4 Å². The number of nitrogens with zero attached hydrogens (tertiary/aromatic N) is 3. The number of carbonyl (C=O) groups excluding carboxylic acids is 3. The third kappa shape index (κ3) is 3.38. The smallest absolute Gasteiger partial charge is 0.329 e. The van der Waals surface area contributed by atoms with Crippen molar-refractivity contribution in [3.8, 4) is 11.4 Å². The minimum atomic E-state index is -1.10. The Bertz CT molecular complexity index is 1090. The molecular formula is C20H14ClN3O5. The van der Waals surface area contributed by atoms with Crippen LogP contribution in [0, 0.1) is 0 Å². The molecule has 29 heavy (non-hydrogen) atoms. The van der Waals surface area contributed by atoms with Crippen molar-refractivity contribution in [2.75, 3.05) is 0 Å². The van der Waals surface area contributed by atoms with Crippen LogP contribution in [0.3, 0.4) is 0 Å². The Hall–Kier alpha value is -3.52. The molecule has 0 spiro atoms. The Morgan fingerprint density at radius 1 is 1.07 bits per heavy atom. The molecule has 3 aromatic rings. The number of fused-ring (bicyclic) bond motifs is 1. The number of hydrogen-bond donors (Lipinski definition) is 0. The molecule has 146 valence electrons. The molecule has 0 aliphatic carbocycles. The predicted molar refractivity (Wildman–Crippen MR) is 101 cm³/mol. The highest BCUT2D eigenvalue weighted by atomic mass is 35.5. The SMILES string of the molecule is C[C@H](C(=O)OCc1nc(-c2ccccc2Cl)no1)N1C(=O)c2ccccc2C1=O. The number of hydrogen-bond acceptors (Lipinski definition) is 7. The number of ether oxygens (including phenoxy) is 1. The molecule has 9 heteroatoms. The molecule has 0 fully saturated rings. The van der Waals surface area contributed by atoms with Gasteiger partial charge in [0, 0.05) is 5.56 Å². The van der Waals surface area contributed by atoms with Crippen LogP contribution in [0.4, 0.5) is 0 Å². The molecule has 1 aliphatic heterocycles. The molecule has 0 unspecified atom stereocenters. The second-order valence-corrected chi connectivity index (χ2v) is 6.71. The van der Waals surface area contributed by atoms with Crippen molar-refractivity contribution in [3.05, 3.63) is 70.6 Å². The molecule has 0 N–H and O–H groups in total. The predicted octanol–water partition coefficient (Wildman–Crippen LogP) is 3.12. The molecule has 2 aromatic carbocycles. The molecule has 2 heterocycles. The normalized spacial score (nSPS) is 14.1. The first-order chi connectivity index (χ1) is 14.0. The second-order valence-electron chi connectivity index (χ2n) is 6.30. The van der Waals surface area contributed by atoms with Gasteiger partial charge in [-0.15, -0.1) is 0 Å². The van der Waals surface area contributed by atoms with Gasteiger partial charge in [0.25, 0.3) is 17.7 Å². The number of amides is 2. The van der Waals surface area contributed by atoms with E-state index in [1.54, 1.807) is 48.5 Å². The van der Waals surface area contributed by atoms with Gasteiger partial charge in [0.2, 0.25) is 5.82 Å². The van der Waals surface area contributed by atoms with Crippen molar-refractivity contribution in [2.24, 2.45) is 0 Å². The first-order valence-electron chi connectivity index (χ1n) is 8.68. The Labute approximate surface area is 170 Å². The highest BCUT2D eigenvalue weighted by molar-refractivity contribution is 6.33. The quantitative estimate of drug-likeness (QED) is 0.469. The van der Waals surface area contributed by atoms with Crippen LogP contribution in [0.2, 0.25) is 5.02 Å². The van der Waals surface area contributed by atoms with E-state index in [2.05, 4.69) is 10.1 Å². The number of aromatic nitrogens is 2. The number of rotatable bonds is 5. The number of halogens is 1. The minimum absolute atomic E-state index is 0.0582. The van der Waals surface area contributed by atoms with Gasteiger partial charge < -0.3 is 9.26 Å². The molecule has 0 radical (unpaired) electrons. The van der Waals surface area contributed by atoms with Gasteiger partial charge in [0.1, 0.15) is 6.04 Å². The average Bonchev–Trinajstić information content (AvgIpc) is 3.29. The lowest BCUT2D eigenvalue weighted by atomic mass is 10.1. The molecule has 2 amide bonds. The summed E-state index contributed by atoms with van der Waals surface area (Å²) in [7, 11) is 0. The third-order valence-electron chi connectivity index (χ3n) is 4.47. The highest BCUT2D eigenvalue weighted by Gasteiger charge is 2.41. The Morgan fingerprint density at radius 3 is 2.28 bits per heavy atom. The molecule has 0 saturated heterocycles. The summed E-state index contributed by atoms with van der Waals surface area (Å²) < 4.78 is 10.2. The minimum Gasteiger partial charge on any atom is -0.454 e. The van der Waals surface area contributed by atoms with Crippen molar-refractivity contribution in [2.45, 2.75) is 19.6 Å². The average molecular weight is 412 g/mol. The summed E-state index contributed by atoms with van der Waals surface area (Å²) in [4.78, 5) is 42.4. The fourth-order valence-electron chi connectivity index (χ4n) is 2.98. The summed E-state index contributed by atoms with van der Waals surface area (Å²) in [5, 5.41) is 4.27. The molecule has 1 aromatic heterocycles. The molecule has 4 rings (SSSR count).